The molecule has 0 aliphatic heterocycles. The molecule has 0 saturated heterocycles. The van der Waals surface area contributed by atoms with E-state index < -0.39 is 5.54 Å². The summed E-state index contributed by atoms with van der Waals surface area (Å²) in [6, 6.07) is 1.96. The van der Waals surface area contributed by atoms with E-state index in [1.54, 1.807) is 12.4 Å². The van der Waals surface area contributed by atoms with Crippen molar-refractivity contribution < 1.29 is 4.52 Å². The maximum absolute atomic E-state index is 6.24. The second-order valence-electron chi connectivity index (χ2n) is 4.54. The van der Waals surface area contributed by atoms with E-state index in [0.29, 0.717) is 11.7 Å². The van der Waals surface area contributed by atoms with Crippen molar-refractivity contribution in [2.75, 3.05) is 0 Å². The van der Waals surface area contributed by atoms with Crippen LogP contribution in [0.2, 0.25) is 0 Å². The van der Waals surface area contributed by atoms with Gasteiger partial charge in [0, 0.05) is 12.4 Å². The molecule has 2 heterocycles. The molecule has 0 aliphatic rings. The molecule has 0 fully saturated rings. The van der Waals surface area contributed by atoms with E-state index in [2.05, 4.69) is 15.1 Å². The predicted octanol–water partition coefficient (Wildman–Crippen LogP) is 2.41. The van der Waals surface area contributed by atoms with Crippen LogP contribution >= 0.6 is 0 Å². The largest absolute Gasteiger partial charge is 0.334 e. The van der Waals surface area contributed by atoms with Crippen LogP contribution in [0.4, 0.5) is 0 Å². The fraction of sp³-hybridized carbons (Fsp3) is 0.462. The molecule has 0 aliphatic carbocycles. The smallest absolute Gasteiger partial charge is 0.259 e. The molecule has 0 aromatic carbocycles. The minimum Gasteiger partial charge on any atom is -0.334 e. The second kappa shape index (κ2) is 4.86. The Morgan fingerprint density at radius 1 is 1.28 bits per heavy atom. The molecule has 0 bridgehead atoms. The normalized spacial score (nSPS) is 11.8. The third kappa shape index (κ3) is 2.26. The first-order valence-electron chi connectivity index (χ1n) is 6.14. The van der Waals surface area contributed by atoms with Crippen molar-refractivity contribution in [3.05, 3.63) is 29.8 Å². The lowest BCUT2D eigenvalue weighted by atomic mass is 9.93. The summed E-state index contributed by atoms with van der Waals surface area (Å²) in [5.41, 5.74) is 7.60. The maximum Gasteiger partial charge on any atom is 0.259 e. The first-order valence-corrected chi connectivity index (χ1v) is 6.14. The van der Waals surface area contributed by atoms with E-state index in [4.69, 9.17) is 10.3 Å². The fourth-order valence-corrected chi connectivity index (χ4v) is 1.78. The van der Waals surface area contributed by atoms with Crippen LogP contribution in [0.5, 0.6) is 0 Å². The number of aryl methyl sites for hydroxylation is 1. The van der Waals surface area contributed by atoms with Crippen LogP contribution in [0.3, 0.4) is 0 Å². The van der Waals surface area contributed by atoms with Crippen LogP contribution in [0.1, 0.15) is 38.1 Å². The van der Waals surface area contributed by atoms with E-state index in [0.717, 1.165) is 24.0 Å². The predicted molar refractivity (Wildman–Crippen MR) is 68.7 cm³/mol. The molecular weight excluding hydrogens is 228 g/mol. The Kier molecular flexibility index (Phi) is 3.43. The summed E-state index contributed by atoms with van der Waals surface area (Å²) < 4.78 is 5.27. The Balaban J connectivity index is 2.36. The van der Waals surface area contributed by atoms with Crippen molar-refractivity contribution in [3.63, 3.8) is 0 Å². The zero-order chi connectivity index (χ0) is 13.2. The third-order valence-electron chi connectivity index (χ3n) is 3.26. The van der Waals surface area contributed by atoms with Crippen molar-refractivity contribution in [3.8, 4) is 11.5 Å². The highest BCUT2D eigenvalue weighted by Crippen LogP contribution is 2.25. The molecule has 5 heteroatoms. The number of aromatic nitrogens is 3. The molecule has 0 spiro atoms. The molecule has 2 N–H and O–H groups in total. The molecule has 0 amide bonds. The van der Waals surface area contributed by atoms with E-state index in [1.807, 2.05) is 26.8 Å². The highest BCUT2D eigenvalue weighted by atomic mass is 16.5. The van der Waals surface area contributed by atoms with E-state index >= 15 is 0 Å². The minimum atomic E-state index is -0.515. The van der Waals surface area contributed by atoms with Gasteiger partial charge in [-0.3, -0.25) is 4.98 Å². The molecule has 2 rings (SSSR count). The summed E-state index contributed by atoms with van der Waals surface area (Å²) in [5.74, 6) is 1.03. The highest BCUT2D eigenvalue weighted by molar-refractivity contribution is 5.52. The van der Waals surface area contributed by atoms with Crippen molar-refractivity contribution in [2.45, 2.75) is 39.2 Å². The Bertz CT molecular complexity index is 531. The number of hydrogen-bond acceptors (Lipinski definition) is 5. The van der Waals surface area contributed by atoms with Crippen LogP contribution in [-0.4, -0.2) is 15.1 Å². The number of hydrogen-bond donors (Lipinski definition) is 1. The standard InChI is InChI=1S/C13H18N4O/c1-4-13(14,5-2)12-16-11(18-17-12)10-6-9(3)7-15-8-10/h6-8H,4-5,14H2,1-3H3. The Morgan fingerprint density at radius 3 is 2.61 bits per heavy atom. The topological polar surface area (TPSA) is 77.8 Å². The van der Waals surface area contributed by atoms with Gasteiger partial charge in [0.2, 0.25) is 0 Å². The van der Waals surface area contributed by atoms with Crippen molar-refractivity contribution in [2.24, 2.45) is 5.73 Å². The van der Waals surface area contributed by atoms with Crippen LogP contribution in [-0.2, 0) is 5.54 Å². The van der Waals surface area contributed by atoms with Gasteiger partial charge in [-0.05, 0) is 31.4 Å². The summed E-state index contributed by atoms with van der Waals surface area (Å²) in [4.78, 5) is 8.51. The quantitative estimate of drug-likeness (QED) is 0.896. The van der Waals surface area contributed by atoms with Gasteiger partial charge in [0.05, 0.1) is 11.1 Å². The van der Waals surface area contributed by atoms with Gasteiger partial charge in [0.1, 0.15) is 0 Å². The summed E-state index contributed by atoms with van der Waals surface area (Å²) in [7, 11) is 0. The molecule has 0 radical (unpaired) electrons. The number of pyridine rings is 1. The van der Waals surface area contributed by atoms with Gasteiger partial charge in [0.15, 0.2) is 5.82 Å². The zero-order valence-electron chi connectivity index (χ0n) is 11.0. The lowest BCUT2D eigenvalue weighted by molar-refractivity contribution is 0.350. The average Bonchev–Trinajstić information content (AvgIpc) is 2.88. The van der Waals surface area contributed by atoms with E-state index in [1.165, 1.54) is 0 Å². The van der Waals surface area contributed by atoms with E-state index in [-0.39, 0.29) is 0 Å². The fourth-order valence-electron chi connectivity index (χ4n) is 1.78. The lowest BCUT2D eigenvalue weighted by Gasteiger charge is -2.21. The zero-order valence-corrected chi connectivity index (χ0v) is 11.0. The van der Waals surface area contributed by atoms with Crippen LogP contribution in [0.25, 0.3) is 11.5 Å². The van der Waals surface area contributed by atoms with Gasteiger partial charge < -0.3 is 10.3 Å². The van der Waals surface area contributed by atoms with Gasteiger partial charge in [-0.15, -0.1) is 0 Å². The Hall–Kier alpha value is -1.75. The molecule has 96 valence electrons. The maximum atomic E-state index is 6.24. The van der Waals surface area contributed by atoms with Gasteiger partial charge in [0.25, 0.3) is 5.89 Å². The van der Waals surface area contributed by atoms with Crippen molar-refractivity contribution in [1.29, 1.82) is 0 Å². The van der Waals surface area contributed by atoms with Crippen LogP contribution in [0, 0.1) is 6.92 Å². The highest BCUT2D eigenvalue weighted by Gasteiger charge is 2.29. The molecule has 0 atom stereocenters. The minimum absolute atomic E-state index is 0.470. The summed E-state index contributed by atoms with van der Waals surface area (Å²) in [6.45, 7) is 6.01. The second-order valence-corrected chi connectivity index (χ2v) is 4.54. The van der Waals surface area contributed by atoms with Crippen molar-refractivity contribution in [1.82, 2.24) is 15.1 Å². The molecule has 5 nitrogen and oxygen atoms in total. The molecule has 0 saturated carbocycles. The first-order chi connectivity index (χ1) is 8.59. The lowest BCUT2D eigenvalue weighted by Crippen LogP contribution is -2.36. The van der Waals surface area contributed by atoms with Gasteiger partial charge in [-0.1, -0.05) is 19.0 Å². The number of nitrogens with two attached hydrogens (primary N) is 1. The first kappa shape index (κ1) is 12.7. The monoisotopic (exact) mass is 246 g/mol. The van der Waals surface area contributed by atoms with Gasteiger partial charge >= 0.3 is 0 Å². The molecule has 2 aromatic rings. The summed E-state index contributed by atoms with van der Waals surface area (Å²) >= 11 is 0. The third-order valence-corrected chi connectivity index (χ3v) is 3.26. The number of nitrogens with zero attached hydrogens (tertiary/aromatic N) is 3. The molecule has 0 unspecified atom stereocenters. The Morgan fingerprint density at radius 2 is 2.00 bits per heavy atom. The van der Waals surface area contributed by atoms with Gasteiger partial charge in [-0.25, -0.2) is 0 Å². The molecule has 18 heavy (non-hydrogen) atoms. The number of rotatable bonds is 4. The Labute approximate surface area is 106 Å². The molecule has 2 aromatic heterocycles. The summed E-state index contributed by atoms with van der Waals surface area (Å²) in [6.07, 6.45) is 5.04. The van der Waals surface area contributed by atoms with Gasteiger partial charge in [-0.2, -0.15) is 4.98 Å². The average molecular weight is 246 g/mol. The SMILES string of the molecule is CCC(N)(CC)c1noc(-c2cncc(C)c2)n1. The van der Waals surface area contributed by atoms with Crippen LogP contribution in [0.15, 0.2) is 23.0 Å². The van der Waals surface area contributed by atoms with E-state index in [9.17, 15) is 0 Å². The summed E-state index contributed by atoms with van der Waals surface area (Å²) in [5, 5.41) is 4.00. The molecular formula is C13H18N4O. The van der Waals surface area contributed by atoms with Crippen molar-refractivity contribution >= 4 is 0 Å². The van der Waals surface area contributed by atoms with Crippen LogP contribution < -0.4 is 5.73 Å².